The van der Waals surface area contributed by atoms with Crippen LogP contribution in [0.4, 0.5) is 4.39 Å². The van der Waals surface area contributed by atoms with E-state index in [9.17, 15) is 9.18 Å². The minimum Gasteiger partial charge on any atom is -0.346 e. The molecule has 1 fully saturated rings. The Morgan fingerprint density at radius 3 is 2.70 bits per heavy atom. The van der Waals surface area contributed by atoms with Crippen LogP contribution in [0.1, 0.15) is 48.5 Å². The minimum atomic E-state index is -0.370. The van der Waals surface area contributed by atoms with Gasteiger partial charge in [-0.1, -0.05) is 28.9 Å². The third kappa shape index (κ3) is 3.40. The zero-order valence-electron chi connectivity index (χ0n) is 12.0. The van der Waals surface area contributed by atoms with Gasteiger partial charge in [-0.3, -0.25) is 4.79 Å². The second-order valence-corrected chi connectivity index (χ2v) is 6.57. The first-order valence-corrected chi connectivity index (χ1v) is 8.22. The highest BCUT2D eigenvalue weighted by atomic mass is 79.9. The summed E-state index contributed by atoms with van der Waals surface area (Å²) in [5.41, 5.74) is 1.05. The number of hydrogen-bond acceptors (Lipinski definition) is 1. The molecule has 0 atom stereocenters. The van der Waals surface area contributed by atoms with Crippen molar-refractivity contribution in [2.24, 2.45) is 5.92 Å². The standard InChI is InChI=1S/C16H21BrFNO/c1-11-5-7-16(10-17,8-6-11)19-15(20)14-9-13(18)4-3-12(14)2/h3-4,9,11H,5-8,10H2,1-2H3,(H,19,20). The Balaban J connectivity index is 2.15. The van der Waals surface area contributed by atoms with Crippen molar-refractivity contribution in [1.82, 2.24) is 5.32 Å². The SMILES string of the molecule is Cc1ccc(F)cc1C(=O)NC1(CBr)CCC(C)CC1. The van der Waals surface area contributed by atoms with Crippen LogP contribution in [0.5, 0.6) is 0 Å². The number of halogens is 2. The lowest BCUT2D eigenvalue weighted by Crippen LogP contribution is -2.52. The first-order chi connectivity index (χ1) is 9.46. The van der Waals surface area contributed by atoms with Crippen molar-refractivity contribution < 1.29 is 9.18 Å². The number of carbonyl (C=O) groups excluding carboxylic acids is 1. The van der Waals surface area contributed by atoms with E-state index in [1.165, 1.54) is 12.1 Å². The predicted molar refractivity (Wildman–Crippen MR) is 82.8 cm³/mol. The van der Waals surface area contributed by atoms with Gasteiger partial charge in [-0.05, 0) is 56.2 Å². The zero-order chi connectivity index (χ0) is 14.8. The Hall–Kier alpha value is -0.900. The number of alkyl halides is 1. The van der Waals surface area contributed by atoms with E-state index < -0.39 is 0 Å². The number of hydrogen-bond donors (Lipinski definition) is 1. The van der Waals surface area contributed by atoms with E-state index in [4.69, 9.17) is 0 Å². The molecule has 1 N–H and O–H groups in total. The molecule has 2 nitrogen and oxygen atoms in total. The quantitative estimate of drug-likeness (QED) is 0.820. The molecule has 0 bridgehead atoms. The maximum Gasteiger partial charge on any atom is 0.252 e. The molecule has 110 valence electrons. The highest BCUT2D eigenvalue weighted by Gasteiger charge is 2.35. The Bertz CT molecular complexity index is 495. The van der Waals surface area contributed by atoms with Gasteiger partial charge in [0.25, 0.3) is 5.91 Å². The fraction of sp³-hybridized carbons (Fsp3) is 0.562. The lowest BCUT2D eigenvalue weighted by molar-refractivity contribution is 0.0873. The monoisotopic (exact) mass is 341 g/mol. The fourth-order valence-electron chi connectivity index (χ4n) is 2.75. The van der Waals surface area contributed by atoms with Crippen molar-refractivity contribution in [1.29, 1.82) is 0 Å². The summed E-state index contributed by atoms with van der Waals surface area (Å²) < 4.78 is 13.3. The summed E-state index contributed by atoms with van der Waals surface area (Å²) in [6.07, 6.45) is 4.18. The van der Waals surface area contributed by atoms with Crippen LogP contribution >= 0.6 is 15.9 Å². The van der Waals surface area contributed by atoms with Gasteiger partial charge in [0.2, 0.25) is 0 Å². The lowest BCUT2D eigenvalue weighted by atomic mass is 9.78. The van der Waals surface area contributed by atoms with Gasteiger partial charge in [-0.2, -0.15) is 0 Å². The summed E-state index contributed by atoms with van der Waals surface area (Å²) in [5, 5.41) is 3.88. The average molecular weight is 342 g/mol. The molecule has 0 unspecified atom stereocenters. The molecule has 0 heterocycles. The molecular formula is C16H21BrFNO. The van der Waals surface area contributed by atoms with E-state index in [0.717, 1.165) is 42.5 Å². The number of amides is 1. The zero-order valence-corrected chi connectivity index (χ0v) is 13.6. The highest BCUT2D eigenvalue weighted by Crippen LogP contribution is 2.33. The molecule has 0 aliphatic heterocycles. The smallest absolute Gasteiger partial charge is 0.252 e. The molecule has 1 aromatic rings. The molecule has 0 saturated heterocycles. The van der Waals surface area contributed by atoms with Gasteiger partial charge in [0.15, 0.2) is 0 Å². The molecule has 1 aliphatic rings. The first kappa shape index (κ1) is 15.5. The maximum absolute atomic E-state index is 13.3. The minimum absolute atomic E-state index is 0.170. The molecule has 2 rings (SSSR count). The predicted octanol–water partition coefficient (Wildman–Crippen LogP) is 4.21. The van der Waals surface area contributed by atoms with Crippen LogP contribution in [0, 0.1) is 18.7 Å². The molecule has 20 heavy (non-hydrogen) atoms. The van der Waals surface area contributed by atoms with Crippen molar-refractivity contribution in [3.63, 3.8) is 0 Å². The van der Waals surface area contributed by atoms with Gasteiger partial charge in [0.05, 0.1) is 5.54 Å². The van der Waals surface area contributed by atoms with Crippen molar-refractivity contribution in [2.75, 3.05) is 5.33 Å². The Morgan fingerprint density at radius 1 is 1.45 bits per heavy atom. The molecule has 1 amide bonds. The second-order valence-electron chi connectivity index (χ2n) is 6.01. The van der Waals surface area contributed by atoms with E-state index in [1.54, 1.807) is 6.07 Å². The van der Waals surface area contributed by atoms with E-state index in [-0.39, 0.29) is 17.3 Å². The third-order valence-corrected chi connectivity index (χ3v) is 5.38. The van der Waals surface area contributed by atoms with E-state index >= 15 is 0 Å². The van der Waals surface area contributed by atoms with Gasteiger partial charge in [0, 0.05) is 10.9 Å². The summed E-state index contributed by atoms with van der Waals surface area (Å²) in [7, 11) is 0. The molecule has 1 aromatic carbocycles. The summed E-state index contributed by atoms with van der Waals surface area (Å²) in [5.74, 6) is 0.178. The Labute approximate surface area is 128 Å². The topological polar surface area (TPSA) is 29.1 Å². The molecular weight excluding hydrogens is 321 g/mol. The number of aryl methyl sites for hydroxylation is 1. The summed E-state index contributed by atoms with van der Waals surface area (Å²) >= 11 is 3.53. The molecule has 1 aliphatic carbocycles. The van der Waals surface area contributed by atoms with Crippen LogP contribution < -0.4 is 5.32 Å². The number of nitrogens with one attached hydrogen (secondary N) is 1. The molecule has 0 spiro atoms. The van der Waals surface area contributed by atoms with Gasteiger partial charge >= 0.3 is 0 Å². The van der Waals surface area contributed by atoms with Crippen LogP contribution in [0.3, 0.4) is 0 Å². The van der Waals surface area contributed by atoms with E-state index in [0.29, 0.717) is 5.56 Å². The second kappa shape index (κ2) is 6.25. The largest absolute Gasteiger partial charge is 0.346 e. The van der Waals surface area contributed by atoms with Crippen molar-refractivity contribution in [3.05, 3.63) is 35.1 Å². The normalized spacial score (nSPS) is 26.3. The van der Waals surface area contributed by atoms with Gasteiger partial charge in [-0.15, -0.1) is 0 Å². The van der Waals surface area contributed by atoms with Crippen LogP contribution in [-0.2, 0) is 0 Å². The average Bonchev–Trinajstić information content (AvgIpc) is 2.44. The number of carbonyl (C=O) groups is 1. The van der Waals surface area contributed by atoms with Crippen molar-refractivity contribution >= 4 is 21.8 Å². The summed E-state index contributed by atoms with van der Waals surface area (Å²) in [6.45, 7) is 4.08. The molecule has 1 saturated carbocycles. The summed E-state index contributed by atoms with van der Waals surface area (Å²) in [6, 6.07) is 4.35. The van der Waals surface area contributed by atoms with Gasteiger partial charge in [0.1, 0.15) is 5.82 Å². The van der Waals surface area contributed by atoms with Crippen LogP contribution in [-0.4, -0.2) is 16.8 Å². The maximum atomic E-state index is 13.3. The highest BCUT2D eigenvalue weighted by molar-refractivity contribution is 9.09. The Kier molecular flexibility index (Phi) is 4.84. The van der Waals surface area contributed by atoms with Crippen LogP contribution in [0.2, 0.25) is 0 Å². The van der Waals surface area contributed by atoms with E-state index in [1.807, 2.05) is 6.92 Å². The third-order valence-electron chi connectivity index (χ3n) is 4.31. The molecule has 0 radical (unpaired) electrons. The Morgan fingerprint density at radius 2 is 2.10 bits per heavy atom. The van der Waals surface area contributed by atoms with E-state index in [2.05, 4.69) is 28.2 Å². The number of benzene rings is 1. The first-order valence-electron chi connectivity index (χ1n) is 7.10. The van der Waals surface area contributed by atoms with Crippen LogP contribution in [0.15, 0.2) is 18.2 Å². The number of rotatable bonds is 3. The fourth-order valence-corrected chi connectivity index (χ4v) is 3.45. The van der Waals surface area contributed by atoms with Crippen molar-refractivity contribution in [3.8, 4) is 0 Å². The summed E-state index contributed by atoms with van der Waals surface area (Å²) in [4.78, 5) is 12.4. The van der Waals surface area contributed by atoms with Gasteiger partial charge in [-0.25, -0.2) is 4.39 Å². The van der Waals surface area contributed by atoms with Crippen molar-refractivity contribution in [2.45, 2.75) is 45.1 Å². The molecule has 4 heteroatoms. The van der Waals surface area contributed by atoms with Crippen LogP contribution in [0.25, 0.3) is 0 Å². The molecule has 0 aromatic heterocycles. The lowest BCUT2D eigenvalue weighted by Gasteiger charge is -2.39. The van der Waals surface area contributed by atoms with Gasteiger partial charge < -0.3 is 5.32 Å².